The second kappa shape index (κ2) is 8.20. The average molecular weight is 401 g/mol. The maximum atomic E-state index is 12.2. The van der Waals surface area contributed by atoms with E-state index in [-0.39, 0.29) is 11.9 Å². The van der Waals surface area contributed by atoms with Crippen LogP contribution in [-0.2, 0) is 6.54 Å². The summed E-state index contributed by atoms with van der Waals surface area (Å²) in [6, 6.07) is 8.98. The first-order chi connectivity index (χ1) is 13.0. The maximum Gasteiger partial charge on any atom is 0.271 e. The topological polar surface area (TPSA) is 95.6 Å². The van der Waals surface area contributed by atoms with Crippen molar-refractivity contribution in [2.45, 2.75) is 19.5 Å². The van der Waals surface area contributed by atoms with Crippen molar-refractivity contribution in [1.29, 1.82) is 5.26 Å². The highest BCUT2D eigenvalue weighted by Gasteiger charge is 2.14. The molecule has 1 amide bonds. The molecule has 0 saturated carbocycles. The van der Waals surface area contributed by atoms with Crippen LogP contribution in [0.15, 0.2) is 35.8 Å². The Morgan fingerprint density at radius 3 is 2.93 bits per heavy atom. The van der Waals surface area contributed by atoms with Crippen LogP contribution in [0.3, 0.4) is 0 Å². The number of nitrogens with one attached hydrogen (secondary N) is 2. The van der Waals surface area contributed by atoms with E-state index in [0.717, 1.165) is 11.3 Å². The lowest BCUT2D eigenvalue weighted by molar-refractivity contribution is 0.0932. The highest BCUT2D eigenvalue weighted by atomic mass is 35.5. The van der Waals surface area contributed by atoms with Gasteiger partial charge in [0.1, 0.15) is 11.8 Å². The fourth-order valence-electron chi connectivity index (χ4n) is 2.50. The number of halogens is 1. The second-order valence-electron chi connectivity index (χ2n) is 5.89. The minimum atomic E-state index is -0.216. The van der Waals surface area contributed by atoms with Crippen LogP contribution in [0.4, 0.5) is 5.13 Å². The quantitative estimate of drug-likeness (QED) is 0.661. The third kappa shape index (κ3) is 4.45. The standard InChI is InChI=1S/C18H17ClN6OS/c1-11(22-17(26)16-10-27-18(21-2)23-16)9-25-6-5-15(24-25)12-3-4-13(8-20)14(19)7-12/h3-7,10-11H,9H2,1-2H3,(H,21,23)(H,22,26)/t11-/m1/s1. The average Bonchev–Trinajstić information content (AvgIpc) is 3.30. The molecule has 7 nitrogen and oxygen atoms in total. The molecule has 0 aliphatic rings. The van der Waals surface area contributed by atoms with Crippen molar-refractivity contribution < 1.29 is 4.79 Å². The van der Waals surface area contributed by atoms with Crippen molar-refractivity contribution in [2.75, 3.05) is 12.4 Å². The molecule has 0 bridgehead atoms. The van der Waals surface area contributed by atoms with Crippen molar-refractivity contribution in [1.82, 2.24) is 20.1 Å². The van der Waals surface area contributed by atoms with Gasteiger partial charge in [-0.25, -0.2) is 4.98 Å². The Balaban J connectivity index is 1.64. The first kappa shape index (κ1) is 18.9. The molecule has 2 heterocycles. The molecule has 0 fully saturated rings. The number of nitrogens with zero attached hydrogens (tertiary/aromatic N) is 4. The Kier molecular flexibility index (Phi) is 5.74. The Hall–Kier alpha value is -2.89. The summed E-state index contributed by atoms with van der Waals surface area (Å²) in [7, 11) is 1.76. The van der Waals surface area contributed by atoms with Gasteiger partial charge in [0.2, 0.25) is 0 Å². The van der Waals surface area contributed by atoms with Gasteiger partial charge in [-0.15, -0.1) is 11.3 Å². The molecule has 138 valence electrons. The van der Waals surface area contributed by atoms with Crippen LogP contribution < -0.4 is 10.6 Å². The second-order valence-corrected chi connectivity index (χ2v) is 7.16. The number of thiazole rings is 1. The highest BCUT2D eigenvalue weighted by molar-refractivity contribution is 7.13. The van der Waals surface area contributed by atoms with Gasteiger partial charge < -0.3 is 10.6 Å². The maximum absolute atomic E-state index is 12.2. The van der Waals surface area contributed by atoms with E-state index in [1.54, 1.807) is 29.2 Å². The SMILES string of the molecule is CNc1nc(C(=O)N[C@H](C)Cn2ccc(-c3ccc(C#N)c(Cl)c3)n2)cs1. The molecule has 0 aliphatic heterocycles. The summed E-state index contributed by atoms with van der Waals surface area (Å²) in [4.78, 5) is 16.4. The Morgan fingerprint density at radius 1 is 1.44 bits per heavy atom. The van der Waals surface area contributed by atoms with Crippen molar-refractivity contribution in [2.24, 2.45) is 0 Å². The third-order valence-corrected chi connectivity index (χ3v) is 4.99. The smallest absolute Gasteiger partial charge is 0.271 e. The number of hydrogen-bond acceptors (Lipinski definition) is 6. The Bertz CT molecular complexity index is 1010. The Labute approximate surface area is 165 Å². The molecule has 2 aromatic heterocycles. The van der Waals surface area contributed by atoms with Gasteiger partial charge in [-0.1, -0.05) is 17.7 Å². The summed E-state index contributed by atoms with van der Waals surface area (Å²) in [5.41, 5.74) is 2.40. The molecule has 0 spiro atoms. The number of amides is 1. The van der Waals surface area contributed by atoms with E-state index in [2.05, 4.69) is 20.7 Å². The molecule has 0 radical (unpaired) electrons. The fourth-order valence-corrected chi connectivity index (χ4v) is 3.37. The molecule has 1 atom stereocenters. The molecule has 3 rings (SSSR count). The molecule has 0 saturated heterocycles. The monoisotopic (exact) mass is 400 g/mol. The van der Waals surface area contributed by atoms with E-state index in [4.69, 9.17) is 16.9 Å². The van der Waals surface area contributed by atoms with E-state index in [1.165, 1.54) is 11.3 Å². The number of carbonyl (C=O) groups is 1. The number of carbonyl (C=O) groups excluding carboxylic acids is 1. The van der Waals surface area contributed by atoms with E-state index >= 15 is 0 Å². The van der Waals surface area contributed by atoms with E-state index in [9.17, 15) is 4.79 Å². The largest absolute Gasteiger partial charge is 0.365 e. The number of anilines is 1. The van der Waals surface area contributed by atoms with Crippen LogP contribution in [0.25, 0.3) is 11.3 Å². The van der Waals surface area contributed by atoms with Crippen LogP contribution in [0.2, 0.25) is 5.02 Å². The van der Waals surface area contributed by atoms with E-state index in [0.29, 0.717) is 28.0 Å². The minimum Gasteiger partial charge on any atom is -0.365 e. The van der Waals surface area contributed by atoms with E-state index in [1.807, 2.05) is 31.3 Å². The van der Waals surface area contributed by atoms with Crippen LogP contribution in [0.1, 0.15) is 23.0 Å². The molecular formula is C18H17ClN6OS. The minimum absolute atomic E-state index is 0.130. The lowest BCUT2D eigenvalue weighted by Crippen LogP contribution is -2.36. The number of aromatic nitrogens is 3. The lowest BCUT2D eigenvalue weighted by Gasteiger charge is -2.13. The summed E-state index contributed by atoms with van der Waals surface area (Å²) in [6.45, 7) is 2.42. The molecular weight excluding hydrogens is 384 g/mol. The number of rotatable bonds is 6. The lowest BCUT2D eigenvalue weighted by atomic mass is 10.1. The van der Waals surface area contributed by atoms with Gasteiger partial charge in [0.15, 0.2) is 5.13 Å². The van der Waals surface area contributed by atoms with Crippen LogP contribution in [0.5, 0.6) is 0 Å². The zero-order valence-corrected chi connectivity index (χ0v) is 16.3. The Morgan fingerprint density at radius 2 is 2.26 bits per heavy atom. The zero-order valence-electron chi connectivity index (χ0n) is 14.7. The van der Waals surface area contributed by atoms with Crippen molar-refractivity contribution >= 4 is 34.0 Å². The number of benzene rings is 1. The molecule has 27 heavy (non-hydrogen) atoms. The van der Waals surface area contributed by atoms with Gasteiger partial charge in [0, 0.05) is 30.2 Å². The summed E-state index contributed by atoms with van der Waals surface area (Å²) in [5.74, 6) is -0.216. The fraction of sp³-hybridized carbons (Fsp3) is 0.222. The normalized spacial score (nSPS) is 11.6. The van der Waals surface area contributed by atoms with Gasteiger partial charge in [-0.3, -0.25) is 9.48 Å². The molecule has 9 heteroatoms. The summed E-state index contributed by atoms with van der Waals surface area (Å²) in [5, 5.41) is 22.1. The zero-order chi connectivity index (χ0) is 19.4. The van der Waals surface area contributed by atoms with Gasteiger partial charge >= 0.3 is 0 Å². The first-order valence-corrected chi connectivity index (χ1v) is 9.43. The summed E-state index contributed by atoms with van der Waals surface area (Å²) in [6.07, 6.45) is 1.84. The number of hydrogen-bond donors (Lipinski definition) is 2. The highest BCUT2D eigenvalue weighted by Crippen LogP contribution is 2.24. The molecule has 2 N–H and O–H groups in total. The van der Waals surface area contributed by atoms with Gasteiger partial charge in [-0.05, 0) is 25.1 Å². The van der Waals surface area contributed by atoms with Crippen molar-refractivity contribution in [3.05, 3.63) is 52.1 Å². The van der Waals surface area contributed by atoms with Crippen LogP contribution >= 0.6 is 22.9 Å². The predicted octanol–water partition coefficient (Wildman–Crippen LogP) is 3.39. The third-order valence-electron chi connectivity index (χ3n) is 3.82. The van der Waals surface area contributed by atoms with Crippen molar-refractivity contribution in [3.63, 3.8) is 0 Å². The van der Waals surface area contributed by atoms with E-state index < -0.39 is 0 Å². The molecule has 1 aromatic carbocycles. The summed E-state index contributed by atoms with van der Waals surface area (Å²) < 4.78 is 1.76. The van der Waals surface area contributed by atoms with Gasteiger partial charge in [-0.2, -0.15) is 10.4 Å². The van der Waals surface area contributed by atoms with Crippen molar-refractivity contribution in [3.8, 4) is 17.3 Å². The van der Waals surface area contributed by atoms with Crippen LogP contribution in [0, 0.1) is 11.3 Å². The van der Waals surface area contributed by atoms with Gasteiger partial charge in [0.05, 0.1) is 22.8 Å². The van der Waals surface area contributed by atoms with Crippen LogP contribution in [-0.4, -0.2) is 33.8 Å². The molecule has 0 aliphatic carbocycles. The molecule has 0 unspecified atom stereocenters. The van der Waals surface area contributed by atoms with Gasteiger partial charge in [0.25, 0.3) is 5.91 Å². The predicted molar refractivity (Wildman–Crippen MR) is 106 cm³/mol. The first-order valence-electron chi connectivity index (χ1n) is 8.17. The molecule has 3 aromatic rings. The number of nitriles is 1. The summed E-state index contributed by atoms with van der Waals surface area (Å²) >= 11 is 7.47.